The zero-order valence-corrected chi connectivity index (χ0v) is 10.3. The van der Waals surface area contributed by atoms with Gasteiger partial charge in [-0.25, -0.2) is 9.59 Å². The van der Waals surface area contributed by atoms with Gasteiger partial charge in [0.25, 0.3) is 0 Å². The smallest absolute Gasteiger partial charge is 0.330 e. The number of hydrogen-bond donors (Lipinski definition) is 0. The number of ether oxygens (including phenoxy) is 2. The molecule has 0 bridgehead atoms. The predicted octanol–water partition coefficient (Wildman–Crippen LogP) is 2.31. The van der Waals surface area contributed by atoms with Gasteiger partial charge in [-0.1, -0.05) is 25.3 Å². The Morgan fingerprint density at radius 3 is 1.67 bits per heavy atom. The average Bonchev–Trinajstić information content (AvgIpc) is 2.36. The van der Waals surface area contributed by atoms with Gasteiger partial charge < -0.3 is 9.47 Å². The molecule has 0 fully saturated rings. The van der Waals surface area contributed by atoms with Crippen LogP contribution in [0, 0.1) is 0 Å². The van der Waals surface area contributed by atoms with Gasteiger partial charge in [-0.3, -0.25) is 0 Å². The van der Waals surface area contributed by atoms with Gasteiger partial charge in [-0.15, -0.1) is 0 Å². The fourth-order valence-corrected chi connectivity index (χ4v) is 1.79. The maximum Gasteiger partial charge on any atom is 0.330 e. The molecule has 0 heterocycles. The summed E-state index contributed by atoms with van der Waals surface area (Å²) in [6.07, 6.45) is 8.29. The van der Waals surface area contributed by atoms with Crippen molar-refractivity contribution in [2.45, 2.75) is 37.9 Å². The summed E-state index contributed by atoms with van der Waals surface area (Å²) in [6.45, 7) is 6.72. The SMILES string of the molecule is C=CC(=O)OC1CC/C=C\CCC1OC(=O)C=C. The van der Waals surface area contributed by atoms with Crippen LogP contribution >= 0.6 is 0 Å². The molecule has 0 radical (unpaired) electrons. The number of hydrogen-bond acceptors (Lipinski definition) is 4. The molecule has 0 spiro atoms. The molecule has 1 aliphatic carbocycles. The Bertz CT molecular complexity index is 323. The standard InChI is InChI=1S/C14H18O4/c1-3-13(15)17-11-9-7-5-6-8-10-12(11)18-14(16)4-2/h3-6,11-12H,1-2,7-10H2/b6-5-. The highest BCUT2D eigenvalue weighted by atomic mass is 16.6. The Labute approximate surface area is 107 Å². The van der Waals surface area contributed by atoms with Crippen molar-refractivity contribution in [3.63, 3.8) is 0 Å². The van der Waals surface area contributed by atoms with Crippen LogP contribution in [0.1, 0.15) is 25.7 Å². The zero-order valence-electron chi connectivity index (χ0n) is 10.3. The van der Waals surface area contributed by atoms with Crippen LogP contribution in [-0.4, -0.2) is 24.1 Å². The number of allylic oxidation sites excluding steroid dienone is 2. The molecule has 1 rings (SSSR count). The second-order valence-corrected chi connectivity index (χ2v) is 3.99. The molecule has 0 aromatic rings. The maximum absolute atomic E-state index is 11.3. The third-order valence-corrected chi connectivity index (χ3v) is 2.69. The van der Waals surface area contributed by atoms with Crippen molar-refractivity contribution >= 4 is 11.9 Å². The average molecular weight is 250 g/mol. The van der Waals surface area contributed by atoms with E-state index < -0.39 is 24.1 Å². The van der Waals surface area contributed by atoms with Crippen LogP contribution in [0.4, 0.5) is 0 Å². The molecule has 4 heteroatoms. The van der Waals surface area contributed by atoms with Crippen LogP contribution < -0.4 is 0 Å². The van der Waals surface area contributed by atoms with E-state index in [0.29, 0.717) is 12.8 Å². The molecular weight excluding hydrogens is 232 g/mol. The van der Waals surface area contributed by atoms with Crippen molar-refractivity contribution in [3.8, 4) is 0 Å². The number of rotatable bonds is 4. The molecule has 4 nitrogen and oxygen atoms in total. The van der Waals surface area contributed by atoms with Crippen LogP contribution in [0.2, 0.25) is 0 Å². The molecule has 1 aliphatic rings. The summed E-state index contributed by atoms with van der Waals surface area (Å²) in [7, 11) is 0. The Morgan fingerprint density at radius 2 is 1.33 bits per heavy atom. The van der Waals surface area contributed by atoms with Crippen molar-refractivity contribution in [2.75, 3.05) is 0 Å². The highest BCUT2D eigenvalue weighted by Crippen LogP contribution is 2.20. The minimum atomic E-state index is -0.496. The lowest BCUT2D eigenvalue weighted by atomic mass is 10.00. The zero-order chi connectivity index (χ0) is 13.4. The lowest BCUT2D eigenvalue weighted by molar-refractivity contribution is -0.162. The first-order valence-corrected chi connectivity index (χ1v) is 5.98. The van der Waals surface area contributed by atoms with E-state index in [1.807, 2.05) is 12.2 Å². The van der Waals surface area contributed by atoms with Gasteiger partial charge in [0.15, 0.2) is 0 Å². The van der Waals surface area contributed by atoms with Crippen LogP contribution in [0.3, 0.4) is 0 Å². The van der Waals surface area contributed by atoms with Gasteiger partial charge in [-0.05, 0) is 25.7 Å². The Kier molecular flexibility index (Phi) is 5.91. The van der Waals surface area contributed by atoms with E-state index >= 15 is 0 Å². The molecule has 0 saturated heterocycles. The van der Waals surface area contributed by atoms with Crippen LogP contribution in [0.25, 0.3) is 0 Å². The summed E-state index contributed by atoms with van der Waals surface area (Å²) in [4.78, 5) is 22.5. The van der Waals surface area contributed by atoms with Crippen molar-refractivity contribution in [2.24, 2.45) is 0 Å². The summed E-state index contributed by atoms with van der Waals surface area (Å²) < 4.78 is 10.5. The maximum atomic E-state index is 11.3. The second-order valence-electron chi connectivity index (χ2n) is 3.99. The first-order valence-electron chi connectivity index (χ1n) is 5.98. The number of carbonyl (C=O) groups excluding carboxylic acids is 2. The van der Waals surface area contributed by atoms with E-state index in [2.05, 4.69) is 13.2 Å². The normalized spacial score (nSPS) is 25.1. The largest absolute Gasteiger partial charge is 0.455 e. The molecule has 2 unspecified atom stereocenters. The third kappa shape index (κ3) is 4.57. The topological polar surface area (TPSA) is 52.6 Å². The molecular formula is C14H18O4. The van der Waals surface area contributed by atoms with Gasteiger partial charge >= 0.3 is 11.9 Å². The minimum Gasteiger partial charge on any atom is -0.455 e. The van der Waals surface area contributed by atoms with E-state index in [1.165, 1.54) is 0 Å². The second kappa shape index (κ2) is 7.48. The predicted molar refractivity (Wildman–Crippen MR) is 67.8 cm³/mol. The first-order chi connectivity index (χ1) is 8.67. The van der Waals surface area contributed by atoms with Crippen LogP contribution in [0.5, 0.6) is 0 Å². The van der Waals surface area contributed by atoms with E-state index in [-0.39, 0.29) is 0 Å². The van der Waals surface area contributed by atoms with Crippen molar-refractivity contribution in [1.82, 2.24) is 0 Å². The molecule has 0 aromatic heterocycles. The molecule has 0 aliphatic heterocycles. The van der Waals surface area contributed by atoms with Crippen molar-refractivity contribution < 1.29 is 19.1 Å². The van der Waals surface area contributed by atoms with Gasteiger partial charge in [0.05, 0.1) is 0 Å². The summed E-state index contributed by atoms with van der Waals surface area (Å²) in [6, 6.07) is 0. The van der Waals surface area contributed by atoms with E-state index in [9.17, 15) is 9.59 Å². The quantitative estimate of drug-likeness (QED) is 0.436. The Balaban J connectivity index is 2.72. The van der Waals surface area contributed by atoms with Crippen LogP contribution in [-0.2, 0) is 19.1 Å². The molecule has 0 amide bonds. The van der Waals surface area contributed by atoms with Gasteiger partial charge in [0.1, 0.15) is 12.2 Å². The monoisotopic (exact) mass is 250 g/mol. The molecule has 0 N–H and O–H groups in total. The summed E-state index contributed by atoms with van der Waals surface area (Å²) >= 11 is 0. The van der Waals surface area contributed by atoms with E-state index in [0.717, 1.165) is 25.0 Å². The van der Waals surface area contributed by atoms with Gasteiger partial charge in [-0.2, -0.15) is 0 Å². The van der Waals surface area contributed by atoms with Gasteiger partial charge in [0, 0.05) is 12.2 Å². The lowest BCUT2D eigenvalue weighted by Gasteiger charge is -2.26. The van der Waals surface area contributed by atoms with E-state index in [4.69, 9.17) is 9.47 Å². The molecule has 98 valence electrons. The third-order valence-electron chi connectivity index (χ3n) is 2.69. The highest BCUT2D eigenvalue weighted by molar-refractivity contribution is 5.82. The van der Waals surface area contributed by atoms with Gasteiger partial charge in [0.2, 0.25) is 0 Å². The van der Waals surface area contributed by atoms with E-state index in [1.54, 1.807) is 0 Å². The minimum absolute atomic E-state index is 0.427. The molecule has 0 saturated carbocycles. The first kappa shape index (κ1) is 14.2. The molecule has 2 atom stereocenters. The summed E-state index contributed by atoms with van der Waals surface area (Å²) in [5.41, 5.74) is 0. The lowest BCUT2D eigenvalue weighted by Crippen LogP contribution is -2.35. The van der Waals surface area contributed by atoms with Crippen molar-refractivity contribution in [3.05, 3.63) is 37.5 Å². The Morgan fingerprint density at radius 1 is 0.944 bits per heavy atom. The number of esters is 2. The summed E-state index contributed by atoms with van der Waals surface area (Å²) in [5, 5.41) is 0. The molecule has 0 aromatic carbocycles. The molecule has 18 heavy (non-hydrogen) atoms. The van der Waals surface area contributed by atoms with Crippen molar-refractivity contribution in [1.29, 1.82) is 0 Å². The highest BCUT2D eigenvalue weighted by Gasteiger charge is 2.27. The Hall–Kier alpha value is -1.84. The fraction of sp³-hybridized carbons (Fsp3) is 0.429. The number of carbonyl (C=O) groups is 2. The summed E-state index contributed by atoms with van der Waals surface area (Å²) in [5.74, 6) is -0.992. The van der Waals surface area contributed by atoms with Crippen LogP contribution in [0.15, 0.2) is 37.5 Å². The fourth-order valence-electron chi connectivity index (χ4n) is 1.79.